The van der Waals surface area contributed by atoms with E-state index in [0.717, 1.165) is 11.2 Å². The Kier molecular flexibility index (Phi) is 1.36. The second kappa shape index (κ2) is 2.24. The molecule has 3 N–H and O–H groups in total. The van der Waals surface area contributed by atoms with Gasteiger partial charge in [0.2, 0.25) is 0 Å². The minimum atomic E-state index is 0.520. The van der Waals surface area contributed by atoms with Crippen molar-refractivity contribution in [3.05, 3.63) is 15.7 Å². The van der Waals surface area contributed by atoms with Crippen LogP contribution in [0.1, 0.15) is 0 Å². The van der Waals surface area contributed by atoms with Crippen LogP contribution in [0.15, 0.2) is 6.33 Å². The Bertz CT molecular complexity index is 491. The lowest BCUT2D eigenvalue weighted by Crippen LogP contribution is -1.80. The molecule has 0 bridgehead atoms. The molecule has 6 heteroatoms. The first kappa shape index (κ1) is 6.68. The summed E-state index contributed by atoms with van der Waals surface area (Å²) in [5.74, 6) is 0. The average Bonchev–Trinajstić information content (AvgIpc) is 2.31. The van der Waals surface area contributed by atoms with E-state index in [1.54, 1.807) is 0 Å². The van der Waals surface area contributed by atoms with Gasteiger partial charge in [0.25, 0.3) is 0 Å². The van der Waals surface area contributed by atoms with Crippen molar-refractivity contribution in [1.29, 1.82) is 0 Å². The van der Waals surface area contributed by atoms with Gasteiger partial charge in [0, 0.05) is 0 Å². The lowest BCUT2D eigenvalue weighted by atomic mass is 10.6. The van der Waals surface area contributed by atoms with Crippen molar-refractivity contribution in [2.24, 2.45) is 0 Å². The molecule has 0 fully saturated rings. The van der Waals surface area contributed by atoms with Crippen LogP contribution in [-0.4, -0.2) is 19.9 Å². The summed E-state index contributed by atoms with van der Waals surface area (Å²) in [6.45, 7) is 0. The number of aromatic amines is 3. The summed E-state index contributed by atoms with van der Waals surface area (Å²) in [4.78, 5) is 12.5. The van der Waals surface area contributed by atoms with Gasteiger partial charge in [0.15, 0.2) is 9.41 Å². The number of nitrogens with one attached hydrogen (secondary N) is 3. The van der Waals surface area contributed by atoms with Gasteiger partial charge in [-0.1, -0.05) is 12.2 Å². The van der Waals surface area contributed by atoms with Crippen molar-refractivity contribution in [3.63, 3.8) is 0 Å². The van der Waals surface area contributed by atoms with E-state index >= 15 is 0 Å². The highest BCUT2D eigenvalue weighted by atomic mass is 32.1. The molecule has 0 atom stereocenters. The maximum absolute atomic E-state index is 4.94. The first-order chi connectivity index (χ1) is 5.27. The monoisotopic (exact) mass is 184 g/mol. The molecular weight excluding hydrogens is 180 g/mol. The molecule has 11 heavy (non-hydrogen) atoms. The van der Waals surface area contributed by atoms with Crippen molar-refractivity contribution in [3.8, 4) is 0 Å². The average molecular weight is 184 g/mol. The molecule has 0 unspecified atom stereocenters. The molecular formula is C5H4N4S2. The van der Waals surface area contributed by atoms with Crippen LogP contribution < -0.4 is 0 Å². The van der Waals surface area contributed by atoms with Crippen LogP contribution in [0.3, 0.4) is 0 Å². The summed E-state index contributed by atoms with van der Waals surface area (Å²) in [6, 6.07) is 0. The summed E-state index contributed by atoms with van der Waals surface area (Å²) in [5, 5.41) is 0. The zero-order valence-corrected chi connectivity index (χ0v) is 6.97. The Morgan fingerprint density at radius 3 is 2.82 bits per heavy atom. The van der Waals surface area contributed by atoms with Gasteiger partial charge in [-0.2, -0.15) is 0 Å². The molecule has 0 aliphatic rings. The van der Waals surface area contributed by atoms with E-state index in [2.05, 4.69) is 19.9 Å². The molecule has 0 radical (unpaired) electrons. The molecule has 56 valence electrons. The highest BCUT2D eigenvalue weighted by Gasteiger charge is 1.95. The van der Waals surface area contributed by atoms with E-state index in [-0.39, 0.29) is 0 Å². The van der Waals surface area contributed by atoms with Crippen molar-refractivity contribution < 1.29 is 0 Å². The van der Waals surface area contributed by atoms with E-state index in [4.69, 9.17) is 24.4 Å². The Labute approximate surface area is 71.7 Å². The van der Waals surface area contributed by atoms with Crippen molar-refractivity contribution >= 4 is 35.6 Å². The smallest absolute Gasteiger partial charge is 0.176 e. The van der Waals surface area contributed by atoms with E-state index in [9.17, 15) is 0 Å². The molecule has 0 saturated carbocycles. The predicted octanol–water partition coefficient (Wildman–Crippen LogP) is 1.68. The summed E-state index contributed by atoms with van der Waals surface area (Å²) in [6.07, 6.45) is 1.53. The Hall–Kier alpha value is -1.01. The largest absolute Gasteiger partial charge is 0.331 e. The number of aromatic nitrogens is 4. The maximum atomic E-state index is 4.94. The molecule has 2 rings (SSSR count). The first-order valence-electron chi connectivity index (χ1n) is 2.93. The second-order valence-electron chi connectivity index (χ2n) is 2.04. The summed E-state index contributed by atoms with van der Waals surface area (Å²) >= 11 is 9.81. The second-order valence-corrected chi connectivity index (χ2v) is 2.83. The fourth-order valence-corrected chi connectivity index (χ4v) is 1.28. The molecule has 0 aliphatic carbocycles. The van der Waals surface area contributed by atoms with Crippen molar-refractivity contribution in [2.45, 2.75) is 0 Å². The van der Waals surface area contributed by atoms with Gasteiger partial charge < -0.3 is 15.0 Å². The van der Waals surface area contributed by atoms with Gasteiger partial charge in [0.05, 0.1) is 6.33 Å². The lowest BCUT2D eigenvalue weighted by molar-refractivity contribution is 1.18. The number of hydrogen-bond acceptors (Lipinski definition) is 3. The quantitative estimate of drug-likeness (QED) is 0.546. The number of nitrogens with zero attached hydrogens (tertiary/aromatic N) is 1. The van der Waals surface area contributed by atoms with Crippen LogP contribution >= 0.6 is 24.4 Å². The van der Waals surface area contributed by atoms with E-state index in [0.29, 0.717) is 9.41 Å². The Morgan fingerprint density at radius 2 is 2.09 bits per heavy atom. The minimum Gasteiger partial charge on any atom is -0.331 e. The highest BCUT2D eigenvalue weighted by Crippen LogP contribution is 2.04. The maximum Gasteiger partial charge on any atom is 0.176 e. The van der Waals surface area contributed by atoms with Gasteiger partial charge >= 0.3 is 0 Å². The molecule has 2 aromatic rings. The molecule has 0 aliphatic heterocycles. The van der Waals surface area contributed by atoms with Gasteiger partial charge in [-0.05, 0) is 12.2 Å². The fourth-order valence-electron chi connectivity index (χ4n) is 0.872. The number of imidazole rings is 1. The highest BCUT2D eigenvalue weighted by molar-refractivity contribution is 7.71. The van der Waals surface area contributed by atoms with Crippen LogP contribution in [0, 0.1) is 9.41 Å². The third-order valence-corrected chi connectivity index (χ3v) is 1.85. The van der Waals surface area contributed by atoms with Gasteiger partial charge in [-0.25, -0.2) is 4.98 Å². The molecule has 4 nitrogen and oxygen atoms in total. The van der Waals surface area contributed by atoms with Crippen LogP contribution in [-0.2, 0) is 0 Å². The topological polar surface area (TPSA) is 60.3 Å². The van der Waals surface area contributed by atoms with Crippen molar-refractivity contribution in [2.75, 3.05) is 0 Å². The molecule has 0 aromatic carbocycles. The first-order valence-corrected chi connectivity index (χ1v) is 3.75. The number of H-pyrrole nitrogens is 3. The normalized spacial score (nSPS) is 10.5. The van der Waals surface area contributed by atoms with E-state index in [1.807, 2.05) is 0 Å². The molecule has 2 heterocycles. The molecule has 0 amide bonds. The van der Waals surface area contributed by atoms with Crippen LogP contribution in [0.2, 0.25) is 0 Å². The standard InChI is InChI=1S/C5H4N4S2/c10-4-2-3(6-1-7-4)9-5(11)8-2/h1H,(H3,6,7,8,9,10,11). The fraction of sp³-hybridized carbons (Fsp3) is 0. The van der Waals surface area contributed by atoms with Crippen LogP contribution in [0.4, 0.5) is 0 Å². The Morgan fingerprint density at radius 1 is 1.27 bits per heavy atom. The predicted molar refractivity (Wildman–Crippen MR) is 46.5 cm³/mol. The zero-order chi connectivity index (χ0) is 7.84. The lowest BCUT2D eigenvalue weighted by Gasteiger charge is -1.85. The van der Waals surface area contributed by atoms with Crippen LogP contribution in [0.5, 0.6) is 0 Å². The molecule has 0 saturated heterocycles. The van der Waals surface area contributed by atoms with E-state index in [1.165, 1.54) is 6.33 Å². The van der Waals surface area contributed by atoms with Gasteiger partial charge in [-0.3, -0.25) is 0 Å². The zero-order valence-electron chi connectivity index (χ0n) is 5.34. The Balaban J connectivity index is 3.14. The summed E-state index contributed by atoms with van der Waals surface area (Å²) < 4.78 is 1.07. The van der Waals surface area contributed by atoms with Crippen LogP contribution in [0.25, 0.3) is 11.2 Å². The number of rotatable bonds is 0. The van der Waals surface area contributed by atoms with Crippen molar-refractivity contribution in [1.82, 2.24) is 19.9 Å². The SMILES string of the molecule is S=c1[nH]c2[nH]cnc(=S)c2[nH]1. The van der Waals surface area contributed by atoms with Gasteiger partial charge in [-0.15, -0.1) is 0 Å². The van der Waals surface area contributed by atoms with E-state index < -0.39 is 0 Å². The number of hydrogen-bond donors (Lipinski definition) is 3. The third-order valence-electron chi connectivity index (χ3n) is 1.33. The van der Waals surface area contributed by atoms with Gasteiger partial charge in [0.1, 0.15) is 11.2 Å². The third kappa shape index (κ3) is 0.997. The minimum absolute atomic E-state index is 0.520. The number of fused-ring (bicyclic) bond motifs is 1. The summed E-state index contributed by atoms with van der Waals surface area (Å²) in [5.41, 5.74) is 1.54. The molecule has 0 spiro atoms. The summed E-state index contributed by atoms with van der Waals surface area (Å²) in [7, 11) is 0. The molecule has 2 aromatic heterocycles.